The highest BCUT2D eigenvalue weighted by molar-refractivity contribution is 7.17. The molecule has 1 aromatic heterocycles. The fourth-order valence-electron chi connectivity index (χ4n) is 2.14. The van der Waals surface area contributed by atoms with E-state index in [1.54, 1.807) is 24.3 Å². The van der Waals surface area contributed by atoms with Crippen LogP contribution in [-0.4, -0.2) is 0 Å². The summed E-state index contributed by atoms with van der Waals surface area (Å²) in [7, 11) is 0. The van der Waals surface area contributed by atoms with Gasteiger partial charge in [0.15, 0.2) is 0 Å². The fraction of sp³-hybridized carbons (Fsp3) is 0.125. The van der Waals surface area contributed by atoms with Crippen LogP contribution in [-0.2, 0) is 0 Å². The maximum Gasteiger partial charge on any atom is 0.126 e. The Morgan fingerprint density at radius 2 is 1.95 bits per heavy atom. The van der Waals surface area contributed by atoms with E-state index in [4.69, 9.17) is 11.6 Å². The summed E-state index contributed by atoms with van der Waals surface area (Å²) in [6, 6.07) is 13.3. The first kappa shape index (κ1) is 12.6. The topological polar surface area (TPSA) is 0 Å². The third-order valence-electron chi connectivity index (χ3n) is 3.27. The Balaban J connectivity index is 2.08. The lowest BCUT2D eigenvalue weighted by atomic mass is 10.0. The lowest BCUT2D eigenvalue weighted by Gasteiger charge is -2.10. The first-order chi connectivity index (χ1) is 9.16. The van der Waals surface area contributed by atoms with Crippen molar-refractivity contribution in [3.63, 3.8) is 0 Å². The van der Waals surface area contributed by atoms with Crippen LogP contribution in [0.15, 0.2) is 47.8 Å². The van der Waals surface area contributed by atoms with Crippen LogP contribution in [0, 0.1) is 12.7 Å². The molecule has 0 saturated heterocycles. The number of hydrogen-bond donors (Lipinski definition) is 0. The smallest absolute Gasteiger partial charge is 0.126 e. The Bertz CT molecular complexity index is 732. The van der Waals surface area contributed by atoms with Crippen LogP contribution in [0.2, 0.25) is 0 Å². The molecule has 0 N–H and O–H groups in total. The zero-order valence-corrected chi connectivity index (χ0v) is 11.9. The minimum atomic E-state index is -0.314. The third kappa shape index (κ3) is 2.26. The first-order valence-corrected chi connectivity index (χ1v) is 7.34. The van der Waals surface area contributed by atoms with Crippen LogP contribution in [0.1, 0.15) is 22.1 Å². The largest absolute Gasteiger partial charge is 0.207 e. The van der Waals surface area contributed by atoms with Crippen LogP contribution in [0.25, 0.3) is 10.1 Å². The van der Waals surface area contributed by atoms with Crippen LogP contribution in [0.3, 0.4) is 0 Å². The minimum absolute atomic E-state index is 0.206. The van der Waals surface area contributed by atoms with Crippen molar-refractivity contribution in [1.29, 1.82) is 0 Å². The van der Waals surface area contributed by atoms with Crippen LogP contribution in [0.4, 0.5) is 4.39 Å². The van der Waals surface area contributed by atoms with Gasteiger partial charge in [0.2, 0.25) is 0 Å². The molecule has 0 radical (unpaired) electrons. The highest BCUT2D eigenvalue weighted by Gasteiger charge is 2.16. The Kier molecular flexibility index (Phi) is 3.29. The molecule has 3 heteroatoms. The van der Waals surface area contributed by atoms with Gasteiger partial charge in [0.05, 0.1) is 5.38 Å². The Labute approximate surface area is 120 Å². The van der Waals surface area contributed by atoms with Crippen molar-refractivity contribution in [2.45, 2.75) is 12.3 Å². The molecule has 0 fully saturated rings. The number of rotatable bonds is 2. The van der Waals surface area contributed by atoms with E-state index in [-0.39, 0.29) is 11.2 Å². The molecule has 3 rings (SSSR count). The molecule has 1 atom stereocenters. The van der Waals surface area contributed by atoms with Gasteiger partial charge in [0.25, 0.3) is 0 Å². The molecule has 0 aliphatic heterocycles. The second kappa shape index (κ2) is 4.95. The third-order valence-corrected chi connectivity index (χ3v) is 4.74. The molecule has 0 spiro atoms. The van der Waals surface area contributed by atoms with E-state index in [9.17, 15) is 4.39 Å². The average Bonchev–Trinajstić information content (AvgIpc) is 2.85. The van der Waals surface area contributed by atoms with Gasteiger partial charge in [-0.1, -0.05) is 30.3 Å². The summed E-state index contributed by atoms with van der Waals surface area (Å²) >= 11 is 8.18. The van der Waals surface area contributed by atoms with Gasteiger partial charge >= 0.3 is 0 Å². The predicted molar refractivity (Wildman–Crippen MR) is 80.7 cm³/mol. The van der Waals surface area contributed by atoms with Crippen molar-refractivity contribution < 1.29 is 4.39 Å². The molecule has 1 heterocycles. The quantitative estimate of drug-likeness (QED) is 0.533. The van der Waals surface area contributed by atoms with Crippen molar-refractivity contribution in [3.8, 4) is 0 Å². The molecule has 0 aliphatic carbocycles. The summed E-state index contributed by atoms with van der Waals surface area (Å²) in [6.45, 7) is 1.75. The van der Waals surface area contributed by atoms with E-state index < -0.39 is 0 Å². The molecular formula is C16H12ClFS. The number of hydrogen-bond acceptors (Lipinski definition) is 1. The maximum atomic E-state index is 13.6. The normalized spacial score (nSPS) is 12.8. The van der Waals surface area contributed by atoms with Crippen molar-refractivity contribution in [2.24, 2.45) is 0 Å². The number of fused-ring (bicyclic) bond motifs is 1. The number of alkyl halides is 1. The first-order valence-electron chi connectivity index (χ1n) is 6.03. The van der Waals surface area contributed by atoms with Crippen molar-refractivity contribution in [1.82, 2.24) is 0 Å². The summed E-state index contributed by atoms with van der Waals surface area (Å²) < 4.78 is 14.8. The molecule has 0 amide bonds. The molecule has 96 valence electrons. The second-order valence-electron chi connectivity index (χ2n) is 4.56. The maximum absolute atomic E-state index is 13.6. The summed E-state index contributed by atoms with van der Waals surface area (Å²) in [4.78, 5) is 0. The highest BCUT2D eigenvalue weighted by atomic mass is 35.5. The lowest BCUT2D eigenvalue weighted by molar-refractivity contribution is 0.616. The molecule has 3 aromatic rings. The summed E-state index contributed by atoms with van der Waals surface area (Å²) in [5.74, 6) is -0.206. The standard InChI is InChI=1S/C16H12ClFS/c1-10-6-7-11(8-14(10)18)16(17)13-9-19-15-5-3-2-4-12(13)15/h2-9,16H,1H3. The van der Waals surface area contributed by atoms with E-state index in [0.29, 0.717) is 5.56 Å². The average molecular weight is 291 g/mol. The number of benzene rings is 2. The SMILES string of the molecule is Cc1ccc(C(Cl)c2csc3ccccc23)cc1F. The van der Waals surface area contributed by atoms with Crippen LogP contribution >= 0.6 is 22.9 Å². The van der Waals surface area contributed by atoms with Gasteiger partial charge in [-0.05, 0) is 46.5 Å². The van der Waals surface area contributed by atoms with Gasteiger partial charge < -0.3 is 0 Å². The van der Waals surface area contributed by atoms with Gasteiger partial charge in [-0.3, -0.25) is 0 Å². The van der Waals surface area contributed by atoms with E-state index in [1.807, 2.05) is 18.2 Å². The molecule has 1 unspecified atom stereocenters. The lowest BCUT2D eigenvalue weighted by Crippen LogP contribution is -1.94. The molecule has 0 aliphatic rings. The van der Waals surface area contributed by atoms with Gasteiger partial charge in [0.1, 0.15) is 5.82 Å². The second-order valence-corrected chi connectivity index (χ2v) is 5.91. The van der Waals surface area contributed by atoms with Gasteiger partial charge in [-0.15, -0.1) is 22.9 Å². The molecular weight excluding hydrogens is 279 g/mol. The van der Waals surface area contributed by atoms with E-state index in [1.165, 1.54) is 10.8 Å². The molecule has 0 nitrogen and oxygen atoms in total. The zero-order valence-electron chi connectivity index (χ0n) is 10.4. The van der Waals surface area contributed by atoms with E-state index in [0.717, 1.165) is 16.5 Å². The van der Waals surface area contributed by atoms with Crippen LogP contribution < -0.4 is 0 Å². The van der Waals surface area contributed by atoms with E-state index >= 15 is 0 Å². The Morgan fingerprint density at radius 3 is 2.74 bits per heavy atom. The summed E-state index contributed by atoms with van der Waals surface area (Å²) in [5, 5.41) is 2.89. The Morgan fingerprint density at radius 1 is 1.16 bits per heavy atom. The number of thiophene rings is 1. The van der Waals surface area contributed by atoms with Crippen molar-refractivity contribution >= 4 is 33.0 Å². The van der Waals surface area contributed by atoms with Crippen molar-refractivity contribution in [2.75, 3.05) is 0 Å². The van der Waals surface area contributed by atoms with E-state index in [2.05, 4.69) is 17.5 Å². The number of halogens is 2. The van der Waals surface area contributed by atoms with Gasteiger partial charge in [-0.2, -0.15) is 0 Å². The highest BCUT2D eigenvalue weighted by Crippen LogP contribution is 2.37. The van der Waals surface area contributed by atoms with Crippen molar-refractivity contribution in [3.05, 3.63) is 70.4 Å². The number of aryl methyl sites for hydroxylation is 1. The monoisotopic (exact) mass is 290 g/mol. The minimum Gasteiger partial charge on any atom is -0.207 e. The molecule has 19 heavy (non-hydrogen) atoms. The van der Waals surface area contributed by atoms with Crippen LogP contribution in [0.5, 0.6) is 0 Å². The predicted octanol–water partition coefficient (Wildman–Crippen LogP) is 5.68. The fourth-order valence-corrected chi connectivity index (χ4v) is 3.52. The molecule has 0 bridgehead atoms. The molecule has 0 saturated carbocycles. The summed E-state index contributed by atoms with van der Waals surface area (Å²) in [5.41, 5.74) is 2.49. The zero-order chi connectivity index (χ0) is 13.4. The van der Waals surface area contributed by atoms with Gasteiger partial charge in [-0.25, -0.2) is 4.39 Å². The molecule has 2 aromatic carbocycles. The summed E-state index contributed by atoms with van der Waals surface area (Å²) in [6.07, 6.45) is 0. The van der Waals surface area contributed by atoms with Gasteiger partial charge in [0, 0.05) is 4.70 Å². The Hall–Kier alpha value is -1.38.